The van der Waals surface area contributed by atoms with E-state index in [0.29, 0.717) is 0 Å². The molecule has 2 aromatic carbocycles. The van der Waals surface area contributed by atoms with Gasteiger partial charge >= 0.3 is 0 Å². The summed E-state index contributed by atoms with van der Waals surface area (Å²) >= 11 is 3.49. The Balaban J connectivity index is 2.30. The normalized spacial score (nSPS) is 11.2. The molecule has 0 bridgehead atoms. The summed E-state index contributed by atoms with van der Waals surface area (Å²) in [5.74, 6) is 0. The first kappa shape index (κ1) is 13.3. The van der Waals surface area contributed by atoms with Crippen molar-refractivity contribution >= 4 is 27.0 Å². The summed E-state index contributed by atoms with van der Waals surface area (Å²) < 4.78 is 3.01. The molecule has 1 N–H and O–H groups in total. The van der Waals surface area contributed by atoms with Crippen LogP contribution in [0.4, 0.5) is 0 Å². The van der Waals surface area contributed by atoms with Crippen LogP contribution < -0.4 is 0 Å². The van der Waals surface area contributed by atoms with Gasteiger partial charge in [0.2, 0.25) is 0 Å². The van der Waals surface area contributed by atoms with Crippen LogP contribution in [0.2, 0.25) is 0 Å². The third kappa shape index (κ3) is 2.15. The molecule has 0 aliphatic heterocycles. The molecule has 4 heteroatoms. The minimum Gasteiger partial charge on any atom is -0.392 e. The summed E-state index contributed by atoms with van der Waals surface area (Å²) in [6.45, 7) is 4.19. The summed E-state index contributed by atoms with van der Waals surface area (Å²) in [4.78, 5) is 4.47. The highest BCUT2D eigenvalue weighted by molar-refractivity contribution is 9.10. The van der Waals surface area contributed by atoms with Crippen molar-refractivity contribution in [2.45, 2.75) is 20.5 Å². The highest BCUT2D eigenvalue weighted by Crippen LogP contribution is 2.26. The lowest BCUT2D eigenvalue weighted by molar-refractivity contribution is 0.281. The van der Waals surface area contributed by atoms with Crippen molar-refractivity contribution in [2.24, 2.45) is 0 Å². The van der Waals surface area contributed by atoms with Crippen molar-refractivity contribution in [3.8, 4) is 5.69 Å². The Morgan fingerprint density at radius 2 is 1.90 bits per heavy atom. The zero-order valence-electron chi connectivity index (χ0n) is 11.4. The number of fused-ring (bicyclic) bond motifs is 1. The molecule has 0 saturated heterocycles. The van der Waals surface area contributed by atoms with Crippen molar-refractivity contribution in [1.29, 1.82) is 0 Å². The average Bonchev–Trinajstić information content (AvgIpc) is 2.82. The van der Waals surface area contributed by atoms with Gasteiger partial charge in [0.05, 0.1) is 23.3 Å². The molecule has 3 rings (SSSR count). The lowest BCUT2D eigenvalue weighted by Gasteiger charge is -2.11. The minimum atomic E-state index is 0.00707. The van der Waals surface area contributed by atoms with Gasteiger partial charge in [-0.2, -0.15) is 0 Å². The van der Waals surface area contributed by atoms with E-state index in [1.54, 1.807) is 0 Å². The zero-order chi connectivity index (χ0) is 14.3. The average molecular weight is 331 g/mol. The minimum absolute atomic E-state index is 0.00707. The molecule has 0 aliphatic carbocycles. The summed E-state index contributed by atoms with van der Waals surface area (Å²) in [5.41, 5.74) is 6.33. The van der Waals surface area contributed by atoms with Gasteiger partial charge in [0.25, 0.3) is 0 Å². The molecule has 1 aromatic heterocycles. The standard InChI is InChI=1S/C16H15BrN2O/c1-10-5-14-16(6-11(10)2)19(9-18-14)15-7-13(17)4-3-12(15)8-20/h3-7,9,20H,8H2,1-2H3. The van der Waals surface area contributed by atoms with E-state index in [1.807, 2.05) is 29.1 Å². The third-order valence-electron chi connectivity index (χ3n) is 3.64. The van der Waals surface area contributed by atoms with Crippen molar-refractivity contribution in [2.75, 3.05) is 0 Å². The molecule has 0 unspecified atom stereocenters. The van der Waals surface area contributed by atoms with E-state index in [9.17, 15) is 5.11 Å². The van der Waals surface area contributed by atoms with Gasteiger partial charge in [-0.25, -0.2) is 4.98 Å². The molecule has 0 radical (unpaired) electrons. The lowest BCUT2D eigenvalue weighted by atomic mass is 10.1. The second-order valence-electron chi connectivity index (χ2n) is 4.97. The second-order valence-corrected chi connectivity index (χ2v) is 5.89. The Morgan fingerprint density at radius 1 is 1.15 bits per heavy atom. The number of aromatic nitrogens is 2. The molecule has 0 fully saturated rings. The Bertz CT molecular complexity index is 793. The Labute approximate surface area is 126 Å². The van der Waals surface area contributed by atoms with Crippen LogP contribution >= 0.6 is 15.9 Å². The highest BCUT2D eigenvalue weighted by Gasteiger charge is 2.10. The Hall–Kier alpha value is -1.65. The second kappa shape index (κ2) is 5.04. The SMILES string of the molecule is Cc1cc2ncn(-c3cc(Br)ccc3CO)c2cc1C. The number of rotatable bonds is 2. The molecule has 20 heavy (non-hydrogen) atoms. The van der Waals surface area contributed by atoms with Crippen LogP contribution in [0.5, 0.6) is 0 Å². The van der Waals surface area contributed by atoms with Gasteiger partial charge in [-0.3, -0.25) is 4.57 Å². The topological polar surface area (TPSA) is 38.0 Å². The van der Waals surface area contributed by atoms with E-state index in [1.165, 1.54) is 11.1 Å². The molecular formula is C16H15BrN2O. The molecule has 0 spiro atoms. The van der Waals surface area contributed by atoms with Gasteiger partial charge in [-0.15, -0.1) is 0 Å². The summed E-state index contributed by atoms with van der Waals surface area (Å²) in [6, 6.07) is 10.1. The van der Waals surface area contributed by atoms with E-state index in [2.05, 4.69) is 46.9 Å². The van der Waals surface area contributed by atoms with Crippen LogP contribution in [0.25, 0.3) is 16.7 Å². The molecule has 102 valence electrons. The van der Waals surface area contributed by atoms with E-state index in [-0.39, 0.29) is 6.61 Å². The van der Waals surface area contributed by atoms with Gasteiger partial charge < -0.3 is 5.11 Å². The predicted molar refractivity (Wildman–Crippen MR) is 84.2 cm³/mol. The lowest BCUT2D eigenvalue weighted by Crippen LogP contribution is -1.99. The first-order chi connectivity index (χ1) is 9.60. The Morgan fingerprint density at radius 3 is 2.65 bits per heavy atom. The number of nitrogens with zero attached hydrogens (tertiary/aromatic N) is 2. The number of aryl methyl sites for hydroxylation is 2. The quantitative estimate of drug-likeness (QED) is 0.773. The third-order valence-corrected chi connectivity index (χ3v) is 4.13. The van der Waals surface area contributed by atoms with Crippen molar-refractivity contribution < 1.29 is 5.11 Å². The summed E-state index contributed by atoms with van der Waals surface area (Å²) in [5, 5.41) is 9.53. The van der Waals surface area contributed by atoms with E-state index >= 15 is 0 Å². The number of halogens is 1. The van der Waals surface area contributed by atoms with Crippen LogP contribution in [-0.4, -0.2) is 14.7 Å². The highest BCUT2D eigenvalue weighted by atomic mass is 79.9. The molecule has 0 aliphatic rings. The van der Waals surface area contributed by atoms with Crippen LogP contribution in [0.1, 0.15) is 16.7 Å². The van der Waals surface area contributed by atoms with Gasteiger partial charge in [0.1, 0.15) is 6.33 Å². The van der Waals surface area contributed by atoms with E-state index in [0.717, 1.165) is 26.8 Å². The van der Waals surface area contributed by atoms with E-state index < -0.39 is 0 Å². The fraction of sp³-hybridized carbons (Fsp3) is 0.188. The summed E-state index contributed by atoms with van der Waals surface area (Å²) in [7, 11) is 0. The van der Waals surface area contributed by atoms with Crippen molar-refractivity contribution in [3.63, 3.8) is 0 Å². The van der Waals surface area contributed by atoms with Gasteiger partial charge in [0, 0.05) is 10.0 Å². The zero-order valence-corrected chi connectivity index (χ0v) is 13.0. The number of hydrogen-bond donors (Lipinski definition) is 1. The number of hydrogen-bond acceptors (Lipinski definition) is 2. The molecule has 3 nitrogen and oxygen atoms in total. The van der Waals surface area contributed by atoms with Crippen LogP contribution in [-0.2, 0) is 6.61 Å². The molecule has 1 heterocycles. The van der Waals surface area contributed by atoms with Crippen LogP contribution in [0.3, 0.4) is 0 Å². The first-order valence-electron chi connectivity index (χ1n) is 6.44. The predicted octanol–water partition coefficient (Wildman–Crippen LogP) is 3.90. The molecule has 0 amide bonds. The van der Waals surface area contributed by atoms with Gasteiger partial charge in [0.15, 0.2) is 0 Å². The molecular weight excluding hydrogens is 316 g/mol. The maximum atomic E-state index is 9.53. The molecule has 3 aromatic rings. The van der Waals surface area contributed by atoms with Crippen molar-refractivity contribution in [1.82, 2.24) is 9.55 Å². The van der Waals surface area contributed by atoms with Crippen molar-refractivity contribution in [3.05, 3.63) is 57.8 Å². The smallest absolute Gasteiger partial charge is 0.100 e. The fourth-order valence-corrected chi connectivity index (χ4v) is 2.70. The van der Waals surface area contributed by atoms with Crippen LogP contribution in [0.15, 0.2) is 41.1 Å². The fourth-order valence-electron chi connectivity index (χ4n) is 2.35. The van der Waals surface area contributed by atoms with Crippen LogP contribution in [0, 0.1) is 13.8 Å². The Kier molecular flexibility index (Phi) is 3.36. The summed E-state index contributed by atoms with van der Waals surface area (Å²) in [6.07, 6.45) is 1.81. The largest absolute Gasteiger partial charge is 0.392 e. The molecule has 0 saturated carbocycles. The molecule has 0 atom stereocenters. The van der Waals surface area contributed by atoms with Gasteiger partial charge in [-0.1, -0.05) is 22.0 Å². The monoisotopic (exact) mass is 330 g/mol. The number of imidazole rings is 1. The van der Waals surface area contributed by atoms with Gasteiger partial charge in [-0.05, 0) is 49.2 Å². The maximum Gasteiger partial charge on any atom is 0.100 e. The maximum absolute atomic E-state index is 9.53. The first-order valence-corrected chi connectivity index (χ1v) is 7.23. The van der Waals surface area contributed by atoms with E-state index in [4.69, 9.17) is 0 Å². The number of aliphatic hydroxyl groups excluding tert-OH is 1. The number of aliphatic hydroxyl groups is 1. The number of benzene rings is 2.